The van der Waals surface area contributed by atoms with Gasteiger partial charge >= 0.3 is 5.97 Å². The molecule has 1 aliphatic rings. The van der Waals surface area contributed by atoms with E-state index in [-0.39, 0.29) is 29.0 Å². The van der Waals surface area contributed by atoms with Crippen LogP contribution in [-0.2, 0) is 14.4 Å². The molecular formula is C16H32N2O3. The zero-order valence-electron chi connectivity index (χ0n) is 14.6. The monoisotopic (exact) mass is 300 g/mol. The number of piperidine rings is 1. The molecule has 5 unspecified atom stereocenters. The van der Waals surface area contributed by atoms with Crippen LogP contribution in [0.4, 0.5) is 0 Å². The Labute approximate surface area is 129 Å². The Hall–Kier alpha value is -0.650. The minimum Gasteiger partial charge on any atom is -0.467 e. The van der Waals surface area contributed by atoms with Gasteiger partial charge in [0, 0.05) is 17.1 Å². The highest BCUT2D eigenvalue weighted by Gasteiger charge is 2.53. The van der Waals surface area contributed by atoms with E-state index in [0.717, 1.165) is 19.3 Å². The predicted molar refractivity (Wildman–Crippen MR) is 83.6 cm³/mol. The van der Waals surface area contributed by atoms with Crippen molar-refractivity contribution in [3.63, 3.8) is 0 Å². The zero-order valence-corrected chi connectivity index (χ0v) is 14.6. The second kappa shape index (κ2) is 6.63. The highest BCUT2D eigenvalue weighted by Crippen LogP contribution is 2.45. The number of nitrogens with zero attached hydrogens (tertiary/aromatic N) is 1. The van der Waals surface area contributed by atoms with Gasteiger partial charge in [-0.15, -0.1) is 0 Å². The lowest BCUT2D eigenvalue weighted by Gasteiger charge is -2.59. The van der Waals surface area contributed by atoms with Crippen LogP contribution in [0.1, 0.15) is 60.8 Å². The molecule has 5 nitrogen and oxygen atoms in total. The molecule has 0 amide bonds. The molecule has 0 aromatic carbocycles. The fourth-order valence-corrected chi connectivity index (χ4v) is 3.40. The smallest absolute Gasteiger partial charge is 0.336 e. The number of hydrogen-bond donors (Lipinski definition) is 1. The van der Waals surface area contributed by atoms with Gasteiger partial charge in [0.15, 0.2) is 6.10 Å². The molecule has 0 bridgehead atoms. The van der Waals surface area contributed by atoms with Gasteiger partial charge < -0.3 is 10.5 Å². The van der Waals surface area contributed by atoms with Gasteiger partial charge in [0.25, 0.3) is 0 Å². The van der Waals surface area contributed by atoms with Gasteiger partial charge in [0.05, 0.1) is 7.11 Å². The largest absolute Gasteiger partial charge is 0.467 e. The fraction of sp³-hybridized carbons (Fsp3) is 0.938. The minimum absolute atomic E-state index is 0.133. The zero-order chi connectivity index (χ0) is 16.4. The first-order valence-corrected chi connectivity index (χ1v) is 7.96. The van der Waals surface area contributed by atoms with Crippen molar-refractivity contribution in [2.45, 2.75) is 84.0 Å². The first kappa shape index (κ1) is 18.4. The van der Waals surface area contributed by atoms with E-state index in [1.807, 2.05) is 5.06 Å². The topological polar surface area (TPSA) is 64.8 Å². The molecule has 5 atom stereocenters. The summed E-state index contributed by atoms with van der Waals surface area (Å²) in [5.41, 5.74) is 6.00. The van der Waals surface area contributed by atoms with Crippen LogP contribution >= 0.6 is 0 Å². The third kappa shape index (κ3) is 3.25. The van der Waals surface area contributed by atoms with Gasteiger partial charge in [0.2, 0.25) is 0 Å². The van der Waals surface area contributed by atoms with E-state index in [1.54, 1.807) is 6.92 Å². The number of rotatable bonds is 5. The average Bonchev–Trinajstić information content (AvgIpc) is 2.48. The summed E-state index contributed by atoms with van der Waals surface area (Å²) in [6.07, 6.45) is 2.06. The number of hydrogen-bond acceptors (Lipinski definition) is 5. The summed E-state index contributed by atoms with van der Waals surface area (Å²) < 4.78 is 4.79. The van der Waals surface area contributed by atoms with Gasteiger partial charge in [-0.2, -0.15) is 5.06 Å². The lowest BCUT2D eigenvalue weighted by Crippen LogP contribution is -2.69. The number of carbonyl (C=O) groups is 1. The van der Waals surface area contributed by atoms with Crippen LogP contribution in [0.15, 0.2) is 0 Å². The molecular weight excluding hydrogens is 268 g/mol. The summed E-state index contributed by atoms with van der Waals surface area (Å²) in [4.78, 5) is 17.8. The van der Waals surface area contributed by atoms with Gasteiger partial charge in [-0.1, -0.05) is 20.8 Å². The maximum atomic E-state index is 11.7. The molecule has 0 radical (unpaired) electrons. The maximum Gasteiger partial charge on any atom is 0.336 e. The van der Waals surface area contributed by atoms with E-state index in [2.05, 4.69) is 34.6 Å². The molecule has 1 heterocycles. The van der Waals surface area contributed by atoms with E-state index >= 15 is 0 Å². The van der Waals surface area contributed by atoms with Gasteiger partial charge in [-0.05, 0) is 46.0 Å². The van der Waals surface area contributed by atoms with Gasteiger partial charge in [0.1, 0.15) is 0 Å². The van der Waals surface area contributed by atoms with Crippen molar-refractivity contribution in [3.8, 4) is 0 Å². The molecule has 124 valence electrons. The SMILES string of the molecule is CCC1(C)CC(N)C(C)C(C)(CC)N1OC(C)C(=O)OC. The predicted octanol–water partition coefficient (Wildman–Crippen LogP) is 2.49. The van der Waals surface area contributed by atoms with Crippen LogP contribution in [0.5, 0.6) is 0 Å². The van der Waals surface area contributed by atoms with Gasteiger partial charge in [-0.3, -0.25) is 4.84 Å². The van der Waals surface area contributed by atoms with E-state index in [4.69, 9.17) is 15.3 Å². The first-order chi connectivity index (χ1) is 9.66. The maximum absolute atomic E-state index is 11.7. The summed E-state index contributed by atoms with van der Waals surface area (Å²) in [5.74, 6) is -0.0681. The normalized spacial score (nSPS) is 39.0. The summed E-state index contributed by atoms with van der Waals surface area (Å²) in [5, 5.41) is 2.04. The van der Waals surface area contributed by atoms with Gasteiger partial charge in [-0.25, -0.2) is 4.79 Å². The van der Waals surface area contributed by atoms with Crippen LogP contribution in [0.2, 0.25) is 0 Å². The number of ether oxygens (including phenoxy) is 1. The summed E-state index contributed by atoms with van der Waals surface area (Å²) in [6, 6.07) is 0.133. The Balaban J connectivity index is 3.15. The first-order valence-electron chi connectivity index (χ1n) is 7.96. The van der Waals surface area contributed by atoms with Crippen LogP contribution < -0.4 is 5.73 Å². The van der Waals surface area contributed by atoms with E-state index in [1.165, 1.54) is 7.11 Å². The Morgan fingerprint density at radius 1 is 1.38 bits per heavy atom. The van der Waals surface area contributed by atoms with E-state index < -0.39 is 6.10 Å². The van der Waals surface area contributed by atoms with Crippen molar-refractivity contribution in [2.24, 2.45) is 11.7 Å². The number of hydroxylamine groups is 2. The van der Waals surface area contributed by atoms with Crippen molar-refractivity contribution in [1.82, 2.24) is 5.06 Å². The molecule has 0 aromatic heterocycles. The molecule has 2 N–H and O–H groups in total. The van der Waals surface area contributed by atoms with Crippen molar-refractivity contribution in [2.75, 3.05) is 7.11 Å². The van der Waals surface area contributed by atoms with Crippen molar-refractivity contribution in [1.29, 1.82) is 0 Å². The highest BCUT2D eigenvalue weighted by molar-refractivity contribution is 5.73. The van der Waals surface area contributed by atoms with Crippen LogP contribution in [-0.4, -0.2) is 41.4 Å². The second-order valence-electron chi connectivity index (χ2n) is 6.78. The molecule has 1 aliphatic heterocycles. The Bertz CT molecular complexity index is 377. The Morgan fingerprint density at radius 3 is 2.38 bits per heavy atom. The Kier molecular flexibility index (Phi) is 5.81. The number of esters is 1. The average molecular weight is 300 g/mol. The van der Waals surface area contributed by atoms with E-state index in [0.29, 0.717) is 0 Å². The third-order valence-corrected chi connectivity index (χ3v) is 5.53. The van der Waals surface area contributed by atoms with Crippen LogP contribution in [0, 0.1) is 5.92 Å². The fourth-order valence-electron chi connectivity index (χ4n) is 3.40. The minimum atomic E-state index is -0.617. The molecule has 0 aliphatic carbocycles. The number of nitrogens with two attached hydrogens (primary N) is 1. The molecule has 1 saturated heterocycles. The Morgan fingerprint density at radius 2 is 1.95 bits per heavy atom. The molecule has 21 heavy (non-hydrogen) atoms. The molecule has 0 saturated carbocycles. The summed E-state index contributed by atoms with van der Waals surface area (Å²) in [6.45, 7) is 12.5. The lowest BCUT2D eigenvalue weighted by atomic mass is 9.68. The molecule has 0 spiro atoms. The molecule has 0 aromatic rings. The molecule has 5 heteroatoms. The number of carbonyl (C=O) groups excluding carboxylic acids is 1. The van der Waals surface area contributed by atoms with Crippen molar-refractivity contribution in [3.05, 3.63) is 0 Å². The quantitative estimate of drug-likeness (QED) is 0.790. The lowest BCUT2D eigenvalue weighted by molar-refractivity contribution is -0.321. The summed E-state index contributed by atoms with van der Waals surface area (Å²) in [7, 11) is 1.38. The summed E-state index contributed by atoms with van der Waals surface area (Å²) >= 11 is 0. The second-order valence-corrected chi connectivity index (χ2v) is 6.78. The third-order valence-electron chi connectivity index (χ3n) is 5.53. The molecule has 1 rings (SSSR count). The standard InChI is InChI=1S/C16H32N2O3/c1-8-15(5)10-13(17)11(3)16(6,9-2)18(15)21-12(4)14(19)20-7/h11-13H,8-10,17H2,1-7H3. The van der Waals surface area contributed by atoms with E-state index in [9.17, 15) is 4.79 Å². The van der Waals surface area contributed by atoms with Crippen LogP contribution in [0.3, 0.4) is 0 Å². The number of methoxy groups -OCH3 is 1. The van der Waals surface area contributed by atoms with Crippen molar-refractivity contribution >= 4 is 5.97 Å². The van der Waals surface area contributed by atoms with Crippen molar-refractivity contribution < 1.29 is 14.4 Å². The molecule has 1 fully saturated rings. The van der Waals surface area contributed by atoms with Crippen LogP contribution in [0.25, 0.3) is 0 Å². The highest BCUT2D eigenvalue weighted by atomic mass is 16.7.